The number of nitrogens with one attached hydrogen (secondary N) is 2. The van der Waals surface area contributed by atoms with E-state index in [-0.39, 0.29) is 12.5 Å². The highest BCUT2D eigenvalue weighted by Gasteiger charge is 2.38. The van der Waals surface area contributed by atoms with Crippen molar-refractivity contribution in [2.24, 2.45) is 5.92 Å². The highest BCUT2D eigenvalue weighted by atomic mass is 19.4. The van der Waals surface area contributed by atoms with Crippen molar-refractivity contribution in [3.63, 3.8) is 0 Å². The van der Waals surface area contributed by atoms with E-state index in [4.69, 9.17) is 0 Å². The molecule has 0 saturated heterocycles. The van der Waals surface area contributed by atoms with Gasteiger partial charge in [0.05, 0.1) is 0 Å². The number of halogens is 3. The van der Waals surface area contributed by atoms with Gasteiger partial charge in [0.2, 0.25) is 5.91 Å². The van der Waals surface area contributed by atoms with E-state index >= 15 is 0 Å². The van der Waals surface area contributed by atoms with Gasteiger partial charge in [0, 0.05) is 18.7 Å². The summed E-state index contributed by atoms with van der Waals surface area (Å²) in [5, 5.41) is 4.57. The maximum absolute atomic E-state index is 12.1. The Kier molecular flexibility index (Phi) is 5.63. The van der Waals surface area contributed by atoms with Crippen LogP contribution in [0.1, 0.15) is 37.7 Å². The van der Waals surface area contributed by atoms with Crippen LogP contribution in [-0.4, -0.2) is 18.0 Å². The summed E-state index contributed by atoms with van der Waals surface area (Å²) in [5.41, 5.74) is 1.12. The van der Waals surface area contributed by atoms with Crippen molar-refractivity contribution in [1.82, 2.24) is 5.32 Å². The first-order valence-electron chi connectivity index (χ1n) is 7.58. The maximum Gasteiger partial charge on any atom is 0.471 e. The zero-order valence-corrected chi connectivity index (χ0v) is 12.6. The summed E-state index contributed by atoms with van der Waals surface area (Å²) in [4.78, 5) is 22.6. The molecule has 7 heteroatoms. The van der Waals surface area contributed by atoms with Gasteiger partial charge in [-0.05, 0) is 36.5 Å². The summed E-state index contributed by atoms with van der Waals surface area (Å²) in [6.45, 7) is -0.214. The first-order chi connectivity index (χ1) is 10.8. The topological polar surface area (TPSA) is 58.2 Å². The summed E-state index contributed by atoms with van der Waals surface area (Å²) in [7, 11) is 0. The minimum atomic E-state index is -4.88. The van der Waals surface area contributed by atoms with E-state index in [0.29, 0.717) is 23.6 Å². The molecule has 0 radical (unpaired) electrons. The van der Waals surface area contributed by atoms with Gasteiger partial charge in [0.1, 0.15) is 0 Å². The van der Waals surface area contributed by atoms with Crippen molar-refractivity contribution in [2.75, 3.05) is 5.32 Å². The minimum Gasteiger partial charge on any atom is -0.344 e. The van der Waals surface area contributed by atoms with Crippen molar-refractivity contribution in [1.29, 1.82) is 0 Å². The molecule has 0 spiro atoms. The SMILES string of the molecule is O=C(CC1CCCC1)Nc1ccc(CNC(=O)C(F)(F)F)cc1. The van der Waals surface area contributed by atoms with E-state index in [9.17, 15) is 22.8 Å². The molecular formula is C16H19F3N2O2. The molecule has 2 amide bonds. The maximum atomic E-state index is 12.1. The fourth-order valence-corrected chi connectivity index (χ4v) is 2.68. The Balaban J connectivity index is 1.79. The average molecular weight is 328 g/mol. The lowest BCUT2D eigenvalue weighted by Gasteiger charge is -2.11. The molecule has 1 aliphatic rings. The molecule has 0 atom stereocenters. The third-order valence-corrected chi connectivity index (χ3v) is 3.90. The van der Waals surface area contributed by atoms with Gasteiger partial charge in [-0.15, -0.1) is 0 Å². The fraction of sp³-hybridized carbons (Fsp3) is 0.500. The van der Waals surface area contributed by atoms with E-state index in [1.54, 1.807) is 29.6 Å². The minimum absolute atomic E-state index is 0.0463. The second-order valence-corrected chi connectivity index (χ2v) is 5.78. The normalized spacial score (nSPS) is 15.4. The highest BCUT2D eigenvalue weighted by molar-refractivity contribution is 5.90. The Labute approximate surface area is 132 Å². The molecule has 4 nitrogen and oxygen atoms in total. The lowest BCUT2D eigenvalue weighted by atomic mass is 10.0. The molecule has 126 valence electrons. The van der Waals surface area contributed by atoms with Crippen LogP contribution < -0.4 is 10.6 Å². The van der Waals surface area contributed by atoms with Gasteiger partial charge in [0.15, 0.2) is 0 Å². The van der Waals surface area contributed by atoms with Crippen LogP contribution in [0.4, 0.5) is 18.9 Å². The van der Waals surface area contributed by atoms with Crippen molar-refractivity contribution >= 4 is 17.5 Å². The molecule has 0 aromatic heterocycles. The summed E-state index contributed by atoms with van der Waals surface area (Å²) >= 11 is 0. The molecule has 1 aromatic rings. The van der Waals surface area contributed by atoms with Gasteiger partial charge >= 0.3 is 12.1 Å². The van der Waals surface area contributed by atoms with E-state index in [1.165, 1.54) is 12.8 Å². The molecule has 1 saturated carbocycles. The zero-order valence-electron chi connectivity index (χ0n) is 12.6. The lowest BCUT2D eigenvalue weighted by molar-refractivity contribution is -0.173. The van der Waals surface area contributed by atoms with Crippen LogP contribution in [0.15, 0.2) is 24.3 Å². The molecule has 0 bridgehead atoms. The van der Waals surface area contributed by atoms with Gasteiger partial charge in [0.25, 0.3) is 0 Å². The number of rotatable bonds is 5. The molecule has 0 heterocycles. The lowest BCUT2D eigenvalue weighted by Crippen LogP contribution is -2.36. The molecule has 0 unspecified atom stereocenters. The van der Waals surface area contributed by atoms with Gasteiger partial charge in [-0.25, -0.2) is 0 Å². The Bertz CT molecular complexity index is 549. The molecule has 1 fully saturated rings. The monoisotopic (exact) mass is 328 g/mol. The quantitative estimate of drug-likeness (QED) is 0.870. The van der Waals surface area contributed by atoms with E-state index in [0.717, 1.165) is 12.8 Å². The van der Waals surface area contributed by atoms with E-state index in [1.807, 2.05) is 0 Å². The summed E-state index contributed by atoms with van der Waals surface area (Å²) in [6.07, 6.45) is 0.153. The van der Waals surface area contributed by atoms with E-state index in [2.05, 4.69) is 5.32 Å². The smallest absolute Gasteiger partial charge is 0.344 e. The first kappa shape index (κ1) is 17.3. The molecule has 0 aliphatic heterocycles. The Morgan fingerprint density at radius 2 is 1.70 bits per heavy atom. The second-order valence-electron chi connectivity index (χ2n) is 5.78. The summed E-state index contributed by atoms with van der Waals surface area (Å²) < 4.78 is 36.2. The number of hydrogen-bond acceptors (Lipinski definition) is 2. The van der Waals surface area contributed by atoms with Gasteiger partial charge in [-0.1, -0.05) is 25.0 Å². The predicted octanol–water partition coefficient (Wildman–Crippen LogP) is 3.38. The standard InChI is InChI=1S/C16H19F3N2O2/c17-16(18,19)15(23)20-10-12-5-7-13(8-6-12)21-14(22)9-11-3-1-2-4-11/h5-8,11H,1-4,9-10H2,(H,20,23)(H,21,22). The highest BCUT2D eigenvalue weighted by Crippen LogP contribution is 2.27. The number of amides is 2. The van der Waals surface area contributed by atoms with Crippen molar-refractivity contribution in [2.45, 2.75) is 44.8 Å². The third-order valence-electron chi connectivity index (χ3n) is 3.90. The third kappa shape index (κ3) is 5.58. The van der Waals surface area contributed by atoms with Crippen LogP contribution in [0.2, 0.25) is 0 Å². The van der Waals surface area contributed by atoms with Crippen molar-refractivity contribution in [3.05, 3.63) is 29.8 Å². The molecule has 1 aliphatic carbocycles. The number of benzene rings is 1. The van der Waals surface area contributed by atoms with Gasteiger partial charge in [-0.3, -0.25) is 9.59 Å². The fourth-order valence-electron chi connectivity index (χ4n) is 2.68. The number of alkyl halides is 3. The zero-order chi connectivity index (χ0) is 16.9. The van der Waals surface area contributed by atoms with Crippen molar-refractivity contribution in [3.8, 4) is 0 Å². The predicted molar refractivity (Wildman–Crippen MR) is 79.5 cm³/mol. The van der Waals surface area contributed by atoms with Crippen LogP contribution in [0.5, 0.6) is 0 Å². The first-order valence-corrected chi connectivity index (χ1v) is 7.58. The Morgan fingerprint density at radius 3 is 2.26 bits per heavy atom. The van der Waals surface area contributed by atoms with Crippen LogP contribution in [0.25, 0.3) is 0 Å². The average Bonchev–Trinajstić information content (AvgIpc) is 2.98. The van der Waals surface area contributed by atoms with Crippen molar-refractivity contribution < 1.29 is 22.8 Å². The van der Waals surface area contributed by atoms with Gasteiger partial charge in [-0.2, -0.15) is 13.2 Å². The summed E-state index contributed by atoms with van der Waals surface area (Å²) in [5.74, 6) is -1.56. The van der Waals surface area contributed by atoms with Gasteiger partial charge < -0.3 is 10.6 Å². The summed E-state index contributed by atoms with van der Waals surface area (Å²) in [6, 6.07) is 6.37. The second kappa shape index (κ2) is 7.48. The van der Waals surface area contributed by atoms with Crippen LogP contribution in [0, 0.1) is 5.92 Å². The largest absolute Gasteiger partial charge is 0.471 e. The molecule has 1 aromatic carbocycles. The Hall–Kier alpha value is -2.05. The number of carbonyl (C=O) groups is 2. The molecule has 2 N–H and O–H groups in total. The van der Waals surface area contributed by atoms with E-state index < -0.39 is 12.1 Å². The Morgan fingerprint density at radius 1 is 1.09 bits per heavy atom. The molecule has 2 rings (SSSR count). The van der Waals surface area contributed by atoms with Crippen LogP contribution >= 0.6 is 0 Å². The molecule has 23 heavy (non-hydrogen) atoms. The number of carbonyl (C=O) groups excluding carboxylic acids is 2. The van der Waals surface area contributed by atoms with Crippen LogP contribution in [-0.2, 0) is 16.1 Å². The number of anilines is 1. The number of hydrogen-bond donors (Lipinski definition) is 2. The molecular weight excluding hydrogens is 309 g/mol. The van der Waals surface area contributed by atoms with Crippen LogP contribution in [0.3, 0.4) is 0 Å².